The number of carbonyl (C=O) groups excluding carboxylic acids is 2. The number of Topliss-reactive ketones (excluding diaryl/α,β-unsaturated/α-hetero) is 1. The molecule has 5 rings (SSSR count). The van der Waals surface area contributed by atoms with Crippen molar-refractivity contribution in [2.45, 2.75) is 18.4 Å². The van der Waals surface area contributed by atoms with Crippen molar-refractivity contribution in [1.29, 1.82) is 0 Å². The number of benzene rings is 1. The molecule has 5 atom stereocenters. The van der Waals surface area contributed by atoms with Crippen molar-refractivity contribution in [3.8, 4) is 0 Å². The number of rotatable bonds is 3. The van der Waals surface area contributed by atoms with E-state index in [0.29, 0.717) is 0 Å². The number of H-pyrrole nitrogens is 1. The molecule has 1 fully saturated rings. The Labute approximate surface area is 180 Å². The van der Waals surface area contributed by atoms with E-state index in [1.165, 1.54) is 23.0 Å². The van der Waals surface area contributed by atoms with Gasteiger partial charge in [-0.3, -0.25) is 34.8 Å². The number of ether oxygens (including phenoxy) is 1. The molecular weight excluding hydrogens is 443 g/mol. The van der Waals surface area contributed by atoms with E-state index in [1.54, 1.807) is 12.1 Å². The average molecular weight is 460 g/mol. The molecule has 1 unspecified atom stereocenters. The molecule has 1 saturated heterocycles. The molecule has 0 spiro atoms. The number of imidazole rings is 1. The minimum atomic E-state index is -2.21. The number of nitrogens with zero attached hydrogens (tertiary/aromatic N) is 3. The van der Waals surface area contributed by atoms with Gasteiger partial charge in [-0.05, 0) is 6.07 Å². The topological polar surface area (TPSA) is 195 Å². The Balaban J connectivity index is 1.71. The molecule has 166 valence electrons. The van der Waals surface area contributed by atoms with Gasteiger partial charge in [-0.15, -0.1) is 0 Å². The Kier molecular flexibility index (Phi) is 5.08. The number of hydrogen-bond donors (Lipinski definition) is 5. The Morgan fingerprint density at radius 3 is 2.75 bits per heavy atom. The molecule has 2 aromatic heterocycles. The van der Waals surface area contributed by atoms with Gasteiger partial charge in [0.2, 0.25) is 14.5 Å². The molecule has 32 heavy (non-hydrogen) atoms. The van der Waals surface area contributed by atoms with Crippen LogP contribution in [-0.4, -0.2) is 60.0 Å². The number of aromatic nitrogens is 4. The van der Waals surface area contributed by atoms with Crippen molar-refractivity contribution in [3.05, 3.63) is 52.1 Å². The van der Waals surface area contributed by atoms with Crippen LogP contribution in [-0.2, 0) is 9.26 Å². The number of anilines is 1. The molecule has 0 saturated carbocycles. The lowest BCUT2D eigenvalue weighted by Crippen LogP contribution is -2.35. The van der Waals surface area contributed by atoms with Gasteiger partial charge < -0.3 is 19.3 Å². The Hall–Kier alpha value is -3.06. The largest absolute Gasteiger partial charge is 0.389 e. The third-order valence-electron chi connectivity index (χ3n) is 5.42. The van der Waals surface area contributed by atoms with E-state index in [4.69, 9.17) is 14.8 Å². The number of amides is 1. The molecule has 4 heterocycles. The fourth-order valence-corrected chi connectivity index (χ4v) is 4.28. The van der Waals surface area contributed by atoms with Crippen LogP contribution in [0.1, 0.15) is 26.9 Å². The van der Waals surface area contributed by atoms with Crippen molar-refractivity contribution >= 4 is 37.3 Å². The minimum absolute atomic E-state index is 0.0374. The first-order chi connectivity index (χ1) is 15.3. The zero-order chi connectivity index (χ0) is 22.6. The van der Waals surface area contributed by atoms with Crippen molar-refractivity contribution in [3.63, 3.8) is 0 Å². The number of ketones is 1. The highest BCUT2D eigenvalue weighted by molar-refractivity contribution is 7.43. The Bertz CT molecular complexity index is 1290. The maximum Gasteiger partial charge on any atom is 0.280 e. The molecule has 3 aromatic rings. The highest BCUT2D eigenvalue weighted by atomic mass is 31.2. The molecule has 1 aromatic carbocycles. The summed E-state index contributed by atoms with van der Waals surface area (Å²) in [5, 5.41) is 13.5. The van der Waals surface area contributed by atoms with Crippen LogP contribution in [0, 0.1) is 5.92 Å². The van der Waals surface area contributed by atoms with Gasteiger partial charge in [-0.2, -0.15) is 4.98 Å². The highest BCUT2D eigenvalue weighted by Gasteiger charge is 2.50. The summed E-state index contributed by atoms with van der Waals surface area (Å²) < 4.78 is 12.3. The predicted octanol–water partition coefficient (Wildman–Crippen LogP) is -0.363. The summed E-state index contributed by atoms with van der Waals surface area (Å²) in [7, 11) is -2.21. The van der Waals surface area contributed by atoms with Gasteiger partial charge >= 0.3 is 0 Å². The van der Waals surface area contributed by atoms with Crippen molar-refractivity contribution < 1.29 is 28.8 Å². The molecule has 13 nitrogen and oxygen atoms in total. The first kappa shape index (κ1) is 20.8. The van der Waals surface area contributed by atoms with Crippen LogP contribution in [0.2, 0.25) is 0 Å². The number of nitrogens with two attached hydrogens (primary N) is 1. The number of aliphatic hydroxyl groups excluding tert-OH is 1. The molecule has 2 bridgehead atoms. The quantitative estimate of drug-likeness (QED) is 0.322. The summed E-state index contributed by atoms with van der Waals surface area (Å²) in [5.74, 6) is -2.55. The standard InChI is InChI=1S/C18H17N6O7P/c19-32(29)30-5-9-13(26)10-12(25)7-3-1-2-4-8(7)15(27)22-18-21-14-11(16(28)23-18)20-6-24(14)17(10)31-9/h1-4,6,9-10,13,17,26,29H,5,19H2,(H2,21,22,23,27,28)/t9-,10-,13-,17-,32?/m1/s1. The molecule has 0 radical (unpaired) electrons. The number of aliphatic hydroxyl groups is 1. The molecule has 0 aliphatic carbocycles. The maximum absolute atomic E-state index is 13.6. The summed E-state index contributed by atoms with van der Waals surface area (Å²) >= 11 is 0. The first-order valence-electron chi connectivity index (χ1n) is 9.46. The van der Waals surface area contributed by atoms with E-state index in [2.05, 4.69) is 20.3 Å². The molecular formula is C18H17N6O7P. The number of hydrogen-bond acceptors (Lipinski definition) is 10. The lowest BCUT2D eigenvalue weighted by molar-refractivity contribution is -0.0393. The van der Waals surface area contributed by atoms with Gasteiger partial charge in [0.05, 0.1) is 30.5 Å². The average Bonchev–Trinajstić information content (AvgIpc) is 3.32. The second-order valence-corrected chi connectivity index (χ2v) is 8.15. The van der Waals surface area contributed by atoms with Crippen molar-refractivity contribution in [2.24, 2.45) is 11.4 Å². The Morgan fingerprint density at radius 2 is 2.00 bits per heavy atom. The summed E-state index contributed by atoms with van der Waals surface area (Å²) in [5.41, 5.74) is 4.77. The minimum Gasteiger partial charge on any atom is -0.389 e. The van der Waals surface area contributed by atoms with Crippen molar-refractivity contribution in [1.82, 2.24) is 19.5 Å². The van der Waals surface area contributed by atoms with E-state index in [1.807, 2.05) is 0 Å². The number of aromatic amines is 1. The van der Waals surface area contributed by atoms with E-state index < -0.39 is 50.1 Å². The van der Waals surface area contributed by atoms with Crippen LogP contribution >= 0.6 is 8.53 Å². The Morgan fingerprint density at radius 1 is 1.25 bits per heavy atom. The summed E-state index contributed by atoms with van der Waals surface area (Å²) in [6, 6.07) is 6.08. The van der Waals surface area contributed by atoms with Gasteiger partial charge in [0.25, 0.3) is 11.5 Å². The normalized spacial score (nSPS) is 25.8. The molecule has 1 amide bonds. The van der Waals surface area contributed by atoms with Gasteiger partial charge in [-0.1, -0.05) is 18.2 Å². The van der Waals surface area contributed by atoms with Crippen LogP contribution in [0.3, 0.4) is 0 Å². The van der Waals surface area contributed by atoms with Crippen LogP contribution < -0.4 is 16.4 Å². The summed E-state index contributed by atoms with van der Waals surface area (Å²) in [6.45, 7) is -0.284. The van der Waals surface area contributed by atoms with Crippen LogP contribution in [0.25, 0.3) is 11.2 Å². The highest BCUT2D eigenvalue weighted by Crippen LogP contribution is 2.40. The third-order valence-corrected chi connectivity index (χ3v) is 5.83. The number of nitrogens with one attached hydrogen (secondary N) is 2. The fourth-order valence-electron chi connectivity index (χ4n) is 3.98. The van der Waals surface area contributed by atoms with E-state index in [0.717, 1.165) is 0 Å². The first-order valence-corrected chi connectivity index (χ1v) is 10.7. The second kappa shape index (κ2) is 7.81. The van der Waals surface area contributed by atoms with Gasteiger partial charge in [0.15, 0.2) is 16.9 Å². The zero-order valence-electron chi connectivity index (χ0n) is 16.2. The number of fused-ring (bicyclic) bond motifs is 4. The van der Waals surface area contributed by atoms with Crippen LogP contribution in [0.5, 0.6) is 0 Å². The predicted molar refractivity (Wildman–Crippen MR) is 110 cm³/mol. The van der Waals surface area contributed by atoms with Crippen LogP contribution in [0.4, 0.5) is 5.95 Å². The van der Waals surface area contributed by atoms with Crippen LogP contribution in [0.15, 0.2) is 35.4 Å². The number of carbonyl (C=O) groups is 2. The molecule has 6 N–H and O–H groups in total. The molecule has 14 heteroatoms. The smallest absolute Gasteiger partial charge is 0.280 e. The summed E-state index contributed by atoms with van der Waals surface area (Å²) in [4.78, 5) is 59.0. The van der Waals surface area contributed by atoms with Gasteiger partial charge in [0, 0.05) is 5.56 Å². The lowest BCUT2D eigenvalue weighted by atomic mass is 9.88. The van der Waals surface area contributed by atoms with Gasteiger partial charge in [-0.25, -0.2) is 4.98 Å². The van der Waals surface area contributed by atoms with E-state index in [9.17, 15) is 24.4 Å². The molecule has 2 aliphatic heterocycles. The SMILES string of the molecule is NP(O)OC[C@H]1O[C@@H]2[C@H](C(=O)c3ccccc3C(=O)Nc3nc4c(ncn42)c(=O)[nH]3)[C@@H]1O. The second-order valence-electron chi connectivity index (χ2n) is 7.28. The fraction of sp³-hybridized carbons (Fsp3) is 0.278. The van der Waals surface area contributed by atoms with E-state index >= 15 is 0 Å². The summed E-state index contributed by atoms with van der Waals surface area (Å²) in [6.07, 6.45) is -2.26. The monoisotopic (exact) mass is 460 g/mol. The maximum atomic E-state index is 13.6. The third kappa shape index (κ3) is 3.32. The van der Waals surface area contributed by atoms with Crippen molar-refractivity contribution in [2.75, 3.05) is 11.9 Å². The lowest BCUT2D eigenvalue weighted by Gasteiger charge is -2.21. The van der Waals surface area contributed by atoms with E-state index in [-0.39, 0.29) is 34.8 Å². The zero-order valence-corrected chi connectivity index (χ0v) is 17.1. The molecule has 2 aliphatic rings. The van der Waals surface area contributed by atoms with Gasteiger partial charge in [0.1, 0.15) is 12.3 Å².